The number of furan rings is 1. The molecule has 126 valence electrons. The normalized spacial score (nSPS) is 22.6. The van der Waals surface area contributed by atoms with Gasteiger partial charge in [0.15, 0.2) is 11.4 Å². The van der Waals surface area contributed by atoms with Gasteiger partial charge in [0.25, 0.3) is 0 Å². The Hall–Kier alpha value is -2.47. The van der Waals surface area contributed by atoms with Crippen molar-refractivity contribution in [3.05, 3.63) is 42.4 Å². The maximum Gasteiger partial charge on any atom is 0.202 e. The van der Waals surface area contributed by atoms with E-state index < -0.39 is 5.66 Å². The average molecular weight is 326 g/mol. The van der Waals surface area contributed by atoms with Gasteiger partial charge in [0.2, 0.25) is 5.96 Å². The monoisotopic (exact) mass is 326 g/mol. The number of anilines is 2. The van der Waals surface area contributed by atoms with Crippen LogP contribution >= 0.6 is 0 Å². The highest BCUT2D eigenvalue weighted by Gasteiger charge is 2.49. The van der Waals surface area contributed by atoms with E-state index in [1.54, 1.807) is 6.26 Å². The fourth-order valence-corrected chi connectivity index (χ4v) is 2.99. The molecule has 0 radical (unpaired) electrons. The van der Waals surface area contributed by atoms with Crippen LogP contribution in [0.5, 0.6) is 5.75 Å². The number of benzene rings is 1. The molecule has 6 nitrogen and oxygen atoms in total. The number of nitrogens with one attached hydrogen (secondary N) is 2. The van der Waals surface area contributed by atoms with Crippen molar-refractivity contribution in [2.24, 2.45) is 16.6 Å². The third-order valence-electron chi connectivity index (χ3n) is 4.27. The van der Waals surface area contributed by atoms with E-state index in [4.69, 9.17) is 19.9 Å². The number of aliphatic imine (C=N–C) groups is 1. The number of nitrogens with zero attached hydrogens (tertiary/aromatic N) is 1. The number of nitrogens with two attached hydrogens (primary N) is 1. The molecule has 4 rings (SSSR count). The van der Waals surface area contributed by atoms with Crippen molar-refractivity contribution >= 4 is 17.3 Å². The topological polar surface area (TPSA) is 84.8 Å². The Balaban J connectivity index is 1.55. The van der Waals surface area contributed by atoms with Crippen LogP contribution in [0.4, 0.5) is 11.4 Å². The summed E-state index contributed by atoms with van der Waals surface area (Å²) in [5, 5.41) is 6.54. The third kappa shape index (κ3) is 2.73. The lowest BCUT2D eigenvalue weighted by atomic mass is 10.0. The molecule has 0 spiro atoms. The number of guanidine groups is 1. The van der Waals surface area contributed by atoms with Crippen LogP contribution in [0, 0.1) is 5.92 Å². The fourth-order valence-electron chi connectivity index (χ4n) is 2.99. The fraction of sp³-hybridized carbons (Fsp3) is 0.389. The predicted octanol–water partition coefficient (Wildman–Crippen LogP) is 3.48. The molecule has 1 atom stereocenters. The highest BCUT2D eigenvalue weighted by molar-refractivity contribution is 6.05. The van der Waals surface area contributed by atoms with Crippen LogP contribution in [0.25, 0.3) is 0 Å². The summed E-state index contributed by atoms with van der Waals surface area (Å²) in [5.74, 6) is 2.53. The molecule has 24 heavy (non-hydrogen) atoms. The highest BCUT2D eigenvalue weighted by Crippen LogP contribution is 2.48. The smallest absolute Gasteiger partial charge is 0.202 e. The van der Waals surface area contributed by atoms with E-state index in [0.29, 0.717) is 11.9 Å². The highest BCUT2D eigenvalue weighted by atomic mass is 16.5. The minimum atomic E-state index is -0.785. The zero-order valence-corrected chi connectivity index (χ0v) is 13.9. The standard InChI is InChI=1S/C18H22N4O2/c1-11(2)24-14-7-5-13(6-8-14)20-17-21-15-9-10-23-16(15)18(19,22-17)12-3-4-12/h5-12H,3-4,19H2,1-2H3,(H2,20,21,22). The second-order valence-electron chi connectivity index (χ2n) is 6.66. The minimum absolute atomic E-state index is 0.157. The second-order valence-corrected chi connectivity index (χ2v) is 6.66. The van der Waals surface area contributed by atoms with E-state index in [-0.39, 0.29) is 6.10 Å². The lowest BCUT2D eigenvalue weighted by Gasteiger charge is -2.30. The number of hydrogen-bond acceptors (Lipinski definition) is 6. The molecule has 1 aliphatic heterocycles. The van der Waals surface area contributed by atoms with Gasteiger partial charge in [-0.1, -0.05) is 0 Å². The maximum atomic E-state index is 6.56. The Morgan fingerprint density at radius 1 is 1.29 bits per heavy atom. The van der Waals surface area contributed by atoms with E-state index in [2.05, 4.69) is 10.6 Å². The average Bonchev–Trinajstić information content (AvgIpc) is 3.28. The summed E-state index contributed by atoms with van der Waals surface area (Å²) >= 11 is 0. The van der Waals surface area contributed by atoms with Crippen LogP contribution < -0.4 is 21.1 Å². The summed E-state index contributed by atoms with van der Waals surface area (Å²) in [6.07, 6.45) is 3.96. The summed E-state index contributed by atoms with van der Waals surface area (Å²) in [5.41, 5.74) is 7.57. The van der Waals surface area contributed by atoms with Gasteiger partial charge in [-0.15, -0.1) is 0 Å². The molecule has 0 bridgehead atoms. The van der Waals surface area contributed by atoms with Crippen LogP contribution in [0.3, 0.4) is 0 Å². The molecule has 1 fully saturated rings. The van der Waals surface area contributed by atoms with Gasteiger partial charge in [-0.05, 0) is 51.0 Å². The first-order chi connectivity index (χ1) is 11.5. The molecule has 1 unspecified atom stereocenters. The van der Waals surface area contributed by atoms with Gasteiger partial charge in [-0.3, -0.25) is 0 Å². The summed E-state index contributed by atoms with van der Waals surface area (Å²) in [6.45, 7) is 4.02. The van der Waals surface area contributed by atoms with E-state index >= 15 is 0 Å². The molecule has 1 aromatic carbocycles. The van der Waals surface area contributed by atoms with E-state index in [9.17, 15) is 0 Å². The first kappa shape index (κ1) is 15.1. The number of hydrogen-bond donors (Lipinski definition) is 3. The molecular formula is C18H22N4O2. The summed E-state index contributed by atoms with van der Waals surface area (Å²) < 4.78 is 11.2. The SMILES string of the molecule is CC(C)Oc1ccc(NC2=NC(N)(C3CC3)c3occc3N2)cc1. The first-order valence-electron chi connectivity index (χ1n) is 8.32. The van der Waals surface area contributed by atoms with Crippen molar-refractivity contribution < 1.29 is 9.15 Å². The van der Waals surface area contributed by atoms with Crippen molar-refractivity contribution in [2.75, 3.05) is 10.6 Å². The van der Waals surface area contributed by atoms with Crippen LogP contribution in [0.2, 0.25) is 0 Å². The lowest BCUT2D eigenvalue weighted by molar-refractivity contribution is 0.242. The first-order valence-corrected chi connectivity index (χ1v) is 8.32. The van der Waals surface area contributed by atoms with Crippen molar-refractivity contribution in [1.82, 2.24) is 0 Å². The molecule has 1 saturated carbocycles. The number of ether oxygens (including phenoxy) is 1. The second kappa shape index (κ2) is 5.56. The summed E-state index contributed by atoms with van der Waals surface area (Å²) in [7, 11) is 0. The quantitative estimate of drug-likeness (QED) is 0.801. The minimum Gasteiger partial charge on any atom is -0.491 e. The van der Waals surface area contributed by atoms with E-state index in [1.165, 1.54) is 0 Å². The molecule has 2 aliphatic rings. The molecule has 1 aliphatic carbocycles. The molecular weight excluding hydrogens is 304 g/mol. The largest absolute Gasteiger partial charge is 0.491 e. The summed E-state index contributed by atoms with van der Waals surface area (Å²) in [4.78, 5) is 4.70. The van der Waals surface area contributed by atoms with Crippen LogP contribution in [0.1, 0.15) is 32.4 Å². The Kier molecular flexibility index (Phi) is 3.49. The lowest BCUT2D eigenvalue weighted by Crippen LogP contribution is -2.44. The van der Waals surface area contributed by atoms with Gasteiger partial charge >= 0.3 is 0 Å². The van der Waals surface area contributed by atoms with Crippen molar-refractivity contribution in [1.29, 1.82) is 0 Å². The van der Waals surface area contributed by atoms with Gasteiger partial charge < -0.3 is 25.5 Å². The molecule has 1 aromatic heterocycles. The van der Waals surface area contributed by atoms with E-state index in [1.807, 2.05) is 44.2 Å². The van der Waals surface area contributed by atoms with Crippen LogP contribution in [0.15, 0.2) is 46.0 Å². The Bertz CT molecular complexity index is 762. The summed E-state index contributed by atoms with van der Waals surface area (Å²) in [6, 6.07) is 9.68. The van der Waals surface area contributed by atoms with Crippen LogP contribution in [-0.2, 0) is 5.66 Å². The number of fused-ring (bicyclic) bond motifs is 1. The molecule has 0 amide bonds. The molecule has 2 aromatic rings. The van der Waals surface area contributed by atoms with Crippen molar-refractivity contribution in [2.45, 2.75) is 38.5 Å². The molecule has 4 N–H and O–H groups in total. The zero-order valence-electron chi connectivity index (χ0n) is 13.9. The van der Waals surface area contributed by atoms with Gasteiger partial charge in [-0.25, -0.2) is 4.99 Å². The van der Waals surface area contributed by atoms with Gasteiger partial charge in [-0.2, -0.15) is 0 Å². The Labute approximate surface area is 141 Å². The molecule has 0 saturated heterocycles. The van der Waals surface area contributed by atoms with Crippen LogP contribution in [-0.4, -0.2) is 12.1 Å². The zero-order chi connectivity index (χ0) is 16.7. The third-order valence-corrected chi connectivity index (χ3v) is 4.27. The Morgan fingerprint density at radius 2 is 2.04 bits per heavy atom. The number of rotatable bonds is 4. The van der Waals surface area contributed by atoms with Gasteiger partial charge in [0.05, 0.1) is 18.1 Å². The van der Waals surface area contributed by atoms with Crippen molar-refractivity contribution in [3.8, 4) is 5.75 Å². The van der Waals surface area contributed by atoms with Gasteiger partial charge in [0, 0.05) is 17.7 Å². The van der Waals surface area contributed by atoms with Gasteiger partial charge in [0.1, 0.15) is 5.75 Å². The maximum absolute atomic E-state index is 6.56. The Morgan fingerprint density at radius 3 is 2.71 bits per heavy atom. The predicted molar refractivity (Wildman–Crippen MR) is 94.2 cm³/mol. The molecule has 6 heteroatoms. The van der Waals surface area contributed by atoms with Crippen molar-refractivity contribution in [3.63, 3.8) is 0 Å². The molecule has 2 heterocycles. The van der Waals surface area contributed by atoms with E-state index in [0.717, 1.165) is 35.7 Å².